The van der Waals surface area contributed by atoms with Gasteiger partial charge in [0, 0.05) is 48.8 Å². The third-order valence-electron chi connectivity index (χ3n) is 14.4. The Morgan fingerprint density at radius 3 is 2.45 bits per heavy atom. The van der Waals surface area contributed by atoms with Crippen LogP contribution in [0.15, 0.2) is 91.0 Å². The molecule has 3 N–H and O–H groups in total. The largest absolute Gasteiger partial charge is 0.491 e. The number of thiazole rings is 1. The van der Waals surface area contributed by atoms with Crippen LogP contribution in [-0.2, 0) is 39.1 Å². The fraction of sp³-hybridized carbons (Fsp3) is 0.379. The van der Waals surface area contributed by atoms with Crippen molar-refractivity contribution in [3.63, 3.8) is 0 Å². The van der Waals surface area contributed by atoms with Gasteiger partial charge in [-0.05, 0) is 175 Å². The molecule has 7 aromatic rings. The first-order valence-electron chi connectivity index (χ1n) is 25.9. The number of nitrogens with one attached hydrogen (secondary N) is 3. The zero-order valence-corrected chi connectivity index (χ0v) is 44.1. The number of aromatic nitrogens is 4. The van der Waals surface area contributed by atoms with Gasteiger partial charge in [0.25, 0.3) is 5.91 Å². The standard InChI is InChI=1S/C58H63N9O7S/c1-34-30-39(73-35(2)14-15-36-24-27-66(28-25-36)33-51(69)59-38-16-18-43-47(31-38)65(6)64-52(43)44-21-23-50(68)62-55(44)71)17-19-40(34)41-20-22-49(61-53(41)56(72)74-58(3,4)5)67-29-26-37-10-9-11-42(45(37)32-67)54(70)63-57-60-46-12-7-8-13-48(46)75-57/h7-13,16-20,22,30-31,35-36,44H,14-15,21,23-29,32-33H2,1-6H3,(H,59,69)(H,60,63,70)(H,62,68,71). The molecular formula is C58H63N9O7S. The lowest BCUT2D eigenvalue weighted by Crippen LogP contribution is -2.39. The summed E-state index contributed by atoms with van der Waals surface area (Å²) >= 11 is 1.44. The second kappa shape index (κ2) is 21.4. The molecule has 3 aromatic heterocycles. The summed E-state index contributed by atoms with van der Waals surface area (Å²) in [6.45, 7) is 12.7. The van der Waals surface area contributed by atoms with Gasteiger partial charge in [-0.2, -0.15) is 5.10 Å². The lowest BCUT2D eigenvalue weighted by molar-refractivity contribution is -0.134. The summed E-state index contributed by atoms with van der Waals surface area (Å²) in [7, 11) is 1.81. The number of likely N-dealkylation sites (tertiary alicyclic amines) is 1. The molecule has 75 heavy (non-hydrogen) atoms. The highest BCUT2D eigenvalue weighted by Crippen LogP contribution is 2.36. The predicted molar refractivity (Wildman–Crippen MR) is 291 cm³/mol. The first-order valence-corrected chi connectivity index (χ1v) is 26.7. The maximum absolute atomic E-state index is 14.0. The van der Waals surface area contributed by atoms with E-state index in [4.69, 9.17) is 14.5 Å². The van der Waals surface area contributed by atoms with Gasteiger partial charge in [0.15, 0.2) is 10.8 Å². The Balaban J connectivity index is 0.734. The third kappa shape index (κ3) is 11.6. The van der Waals surface area contributed by atoms with E-state index >= 15 is 0 Å². The monoisotopic (exact) mass is 1030 g/mol. The van der Waals surface area contributed by atoms with Crippen LogP contribution >= 0.6 is 11.3 Å². The molecule has 16 nitrogen and oxygen atoms in total. The van der Waals surface area contributed by atoms with E-state index in [1.807, 2.05) is 120 Å². The number of nitrogens with zero attached hydrogens (tertiary/aromatic N) is 6. The van der Waals surface area contributed by atoms with Crippen molar-refractivity contribution in [2.45, 2.75) is 104 Å². The van der Waals surface area contributed by atoms with Crippen molar-refractivity contribution in [2.24, 2.45) is 13.0 Å². The van der Waals surface area contributed by atoms with Crippen LogP contribution in [0, 0.1) is 12.8 Å². The molecule has 2 fully saturated rings. The van der Waals surface area contributed by atoms with Crippen LogP contribution in [0.2, 0.25) is 0 Å². The summed E-state index contributed by atoms with van der Waals surface area (Å²) in [5.74, 6) is 0.00893. The fourth-order valence-corrected chi connectivity index (χ4v) is 11.4. The number of piperidine rings is 2. The van der Waals surface area contributed by atoms with Crippen molar-refractivity contribution in [3.05, 3.63) is 125 Å². The summed E-state index contributed by atoms with van der Waals surface area (Å²) in [6.07, 6.45) is 5.28. The van der Waals surface area contributed by atoms with E-state index in [1.165, 1.54) is 11.3 Å². The lowest BCUT2D eigenvalue weighted by Gasteiger charge is -2.32. The van der Waals surface area contributed by atoms with E-state index in [9.17, 15) is 24.0 Å². The van der Waals surface area contributed by atoms with Crippen LogP contribution in [0.1, 0.15) is 115 Å². The highest BCUT2D eigenvalue weighted by atomic mass is 32.1. The smallest absolute Gasteiger partial charge is 0.358 e. The van der Waals surface area contributed by atoms with E-state index in [1.54, 1.807) is 4.68 Å². The van der Waals surface area contributed by atoms with Crippen molar-refractivity contribution < 1.29 is 33.4 Å². The maximum atomic E-state index is 14.0. The van der Waals surface area contributed by atoms with Crippen LogP contribution in [-0.4, -0.2) is 92.1 Å². The molecule has 3 aliphatic heterocycles. The molecule has 2 saturated heterocycles. The first-order chi connectivity index (χ1) is 36.0. The van der Waals surface area contributed by atoms with E-state index in [2.05, 4.69) is 48.8 Å². The van der Waals surface area contributed by atoms with Crippen LogP contribution in [0.25, 0.3) is 32.2 Å². The molecule has 2 atom stereocenters. The SMILES string of the molecule is Cc1cc(OC(C)CCC2CCN(CC(=O)Nc3ccc4c(C5CCC(=O)NC5=O)nn(C)c4c3)CC2)ccc1-c1ccc(N2CCc3cccc(C(=O)Nc4nc5ccccc5s4)c3C2)nc1C(=O)OC(C)(C)C. The highest BCUT2D eigenvalue weighted by molar-refractivity contribution is 7.22. The molecule has 4 aromatic carbocycles. The van der Waals surface area contributed by atoms with Gasteiger partial charge >= 0.3 is 5.97 Å². The number of fused-ring (bicyclic) bond motifs is 3. The van der Waals surface area contributed by atoms with Crippen molar-refractivity contribution in [2.75, 3.05) is 41.7 Å². The van der Waals surface area contributed by atoms with E-state index in [0.29, 0.717) is 71.9 Å². The van der Waals surface area contributed by atoms with Crippen LogP contribution in [0.3, 0.4) is 0 Å². The Labute approximate surface area is 440 Å². The number of para-hydroxylation sites is 1. The summed E-state index contributed by atoms with van der Waals surface area (Å²) in [5.41, 5.74) is 7.47. The quantitative estimate of drug-likeness (QED) is 0.0692. The number of carbonyl (C=O) groups is 5. The second-order valence-electron chi connectivity index (χ2n) is 21.1. The molecular weight excluding hydrogens is 967 g/mol. The number of amides is 4. The Kier molecular flexibility index (Phi) is 14.5. The van der Waals surface area contributed by atoms with Gasteiger partial charge in [0.05, 0.1) is 40.0 Å². The van der Waals surface area contributed by atoms with E-state index in [0.717, 1.165) is 87.9 Å². The molecule has 0 saturated carbocycles. The molecule has 388 valence electrons. The molecule has 2 unspecified atom stereocenters. The Bertz CT molecular complexity index is 3320. The molecule has 0 aliphatic carbocycles. The Hall–Kier alpha value is -7.50. The van der Waals surface area contributed by atoms with Crippen molar-refractivity contribution >= 4 is 78.7 Å². The molecule has 17 heteroatoms. The normalized spacial score (nSPS) is 16.9. The number of carbonyl (C=O) groups excluding carboxylic acids is 5. The summed E-state index contributed by atoms with van der Waals surface area (Å²) < 4.78 is 15.1. The number of ether oxygens (including phenoxy) is 2. The van der Waals surface area contributed by atoms with Gasteiger partial charge in [-0.1, -0.05) is 41.7 Å². The second-order valence-corrected chi connectivity index (χ2v) is 22.1. The molecule has 0 bridgehead atoms. The molecule has 0 spiro atoms. The number of hydrogen-bond acceptors (Lipinski definition) is 13. The predicted octanol–water partition coefficient (Wildman–Crippen LogP) is 9.74. The number of anilines is 3. The van der Waals surface area contributed by atoms with Crippen LogP contribution < -0.4 is 25.6 Å². The summed E-state index contributed by atoms with van der Waals surface area (Å²) in [6, 6.07) is 29.1. The average molecular weight is 1030 g/mol. The molecule has 10 rings (SSSR count). The molecule has 0 radical (unpaired) electrons. The number of rotatable bonds is 14. The van der Waals surface area contributed by atoms with Gasteiger partial charge in [-0.3, -0.25) is 39.4 Å². The zero-order valence-electron chi connectivity index (χ0n) is 43.3. The van der Waals surface area contributed by atoms with E-state index < -0.39 is 17.5 Å². The number of hydrogen-bond donors (Lipinski definition) is 3. The minimum atomic E-state index is -0.744. The number of imide groups is 1. The molecule has 3 aliphatic rings. The highest BCUT2D eigenvalue weighted by Gasteiger charge is 2.32. The lowest BCUT2D eigenvalue weighted by atomic mass is 9.91. The van der Waals surface area contributed by atoms with Gasteiger partial charge in [0.1, 0.15) is 17.2 Å². The zero-order chi connectivity index (χ0) is 52.5. The Morgan fingerprint density at radius 2 is 1.68 bits per heavy atom. The fourth-order valence-electron chi connectivity index (χ4n) is 10.6. The van der Waals surface area contributed by atoms with Crippen molar-refractivity contribution in [1.82, 2.24) is 30.0 Å². The number of benzene rings is 4. The van der Waals surface area contributed by atoms with Crippen molar-refractivity contribution in [3.8, 4) is 16.9 Å². The molecule has 4 amide bonds. The number of esters is 1. The van der Waals surface area contributed by atoms with Gasteiger partial charge in [0.2, 0.25) is 17.7 Å². The maximum Gasteiger partial charge on any atom is 0.358 e. The molecule has 6 heterocycles. The van der Waals surface area contributed by atoms with Gasteiger partial charge in [-0.15, -0.1) is 0 Å². The topological polar surface area (TPSA) is 190 Å². The van der Waals surface area contributed by atoms with Gasteiger partial charge in [-0.25, -0.2) is 14.8 Å². The summed E-state index contributed by atoms with van der Waals surface area (Å²) in [5, 5.41) is 14.5. The van der Waals surface area contributed by atoms with Crippen LogP contribution in [0.4, 0.5) is 16.6 Å². The van der Waals surface area contributed by atoms with Crippen molar-refractivity contribution in [1.29, 1.82) is 0 Å². The summed E-state index contributed by atoms with van der Waals surface area (Å²) in [4.78, 5) is 79.2. The van der Waals surface area contributed by atoms with Gasteiger partial charge < -0.3 is 19.7 Å². The average Bonchev–Trinajstić information content (AvgIpc) is 3.95. The minimum absolute atomic E-state index is 0.0250. The number of pyridine rings is 1. The van der Waals surface area contributed by atoms with Crippen LogP contribution in [0.5, 0.6) is 5.75 Å². The Morgan fingerprint density at radius 1 is 0.880 bits per heavy atom. The minimum Gasteiger partial charge on any atom is -0.491 e. The third-order valence-corrected chi connectivity index (χ3v) is 15.4. The van der Waals surface area contributed by atoms with E-state index in [-0.39, 0.29) is 41.8 Å². The first kappa shape index (κ1) is 51.0. The number of aryl methyl sites for hydroxylation is 2.